The van der Waals surface area contributed by atoms with Crippen molar-refractivity contribution < 1.29 is 8.91 Å². The molecule has 4 rings (SSSR count). The van der Waals surface area contributed by atoms with E-state index in [-0.39, 0.29) is 5.89 Å². The molecule has 0 aliphatic rings. The summed E-state index contributed by atoms with van der Waals surface area (Å²) in [6.07, 6.45) is 0. The van der Waals surface area contributed by atoms with Crippen molar-refractivity contribution >= 4 is 22.6 Å². The molecule has 0 aliphatic carbocycles. The molecule has 0 radical (unpaired) electrons. The lowest BCUT2D eigenvalue weighted by molar-refractivity contribution is 0.432. The van der Waals surface area contributed by atoms with Gasteiger partial charge in [-0.05, 0) is 36.4 Å². The third-order valence-corrected chi connectivity index (χ3v) is 3.78. The zero-order valence-electron chi connectivity index (χ0n) is 11.9. The molecule has 0 N–H and O–H groups in total. The second kappa shape index (κ2) is 5.13. The Labute approximate surface area is 134 Å². The molecule has 0 bridgehead atoms. The van der Waals surface area contributed by atoms with Crippen molar-refractivity contribution in [2.45, 2.75) is 0 Å². The first kappa shape index (κ1) is 13.8. The van der Waals surface area contributed by atoms with E-state index in [4.69, 9.17) is 16.1 Å². The highest BCUT2D eigenvalue weighted by molar-refractivity contribution is 6.33. The number of benzene rings is 2. The Kier molecular flexibility index (Phi) is 3.09. The number of halogens is 2. The van der Waals surface area contributed by atoms with Crippen LogP contribution < -0.4 is 0 Å². The minimum absolute atomic E-state index is 0.160. The van der Waals surface area contributed by atoms with Gasteiger partial charge in [-0.2, -0.15) is 4.98 Å². The van der Waals surface area contributed by atoms with E-state index >= 15 is 0 Å². The van der Waals surface area contributed by atoms with E-state index < -0.39 is 5.82 Å². The van der Waals surface area contributed by atoms with Crippen molar-refractivity contribution in [3.63, 3.8) is 0 Å². The number of aryl methyl sites for hydroxylation is 1. The fourth-order valence-electron chi connectivity index (χ4n) is 2.28. The molecule has 0 atom stereocenters. The van der Waals surface area contributed by atoms with Gasteiger partial charge in [0.2, 0.25) is 5.82 Å². The molecule has 23 heavy (non-hydrogen) atoms. The first-order valence-electron chi connectivity index (χ1n) is 6.71. The topological polar surface area (TPSA) is 69.6 Å². The lowest BCUT2D eigenvalue weighted by Gasteiger charge is -1.98. The van der Waals surface area contributed by atoms with E-state index in [1.54, 1.807) is 11.7 Å². The van der Waals surface area contributed by atoms with Crippen LogP contribution >= 0.6 is 11.6 Å². The third-order valence-electron chi connectivity index (χ3n) is 3.45. The molecular formula is C15H9ClFN5O. The quantitative estimate of drug-likeness (QED) is 0.563. The summed E-state index contributed by atoms with van der Waals surface area (Å²) in [6, 6.07) is 9.47. The number of rotatable bonds is 2. The van der Waals surface area contributed by atoms with Crippen molar-refractivity contribution in [2.75, 3.05) is 0 Å². The third kappa shape index (κ3) is 2.35. The van der Waals surface area contributed by atoms with Crippen LogP contribution in [0.3, 0.4) is 0 Å². The number of hydrogen-bond donors (Lipinski definition) is 0. The van der Waals surface area contributed by atoms with Gasteiger partial charge in [0.25, 0.3) is 5.89 Å². The second-order valence-electron chi connectivity index (χ2n) is 4.96. The molecular weight excluding hydrogens is 321 g/mol. The van der Waals surface area contributed by atoms with Crippen LogP contribution in [0.15, 0.2) is 40.9 Å². The predicted molar refractivity (Wildman–Crippen MR) is 82.2 cm³/mol. The fourth-order valence-corrected chi connectivity index (χ4v) is 2.48. The lowest BCUT2D eigenvalue weighted by atomic mass is 10.2. The zero-order valence-corrected chi connectivity index (χ0v) is 12.6. The molecule has 114 valence electrons. The summed E-state index contributed by atoms with van der Waals surface area (Å²) in [5, 5.41) is 12.2. The molecule has 0 aliphatic heterocycles. The van der Waals surface area contributed by atoms with E-state index in [2.05, 4.69) is 20.5 Å². The minimum atomic E-state index is -0.425. The van der Waals surface area contributed by atoms with Gasteiger partial charge in [-0.25, -0.2) is 9.07 Å². The predicted octanol–water partition coefficient (Wildman–Crippen LogP) is 3.48. The molecule has 0 saturated carbocycles. The average molecular weight is 330 g/mol. The highest BCUT2D eigenvalue weighted by atomic mass is 35.5. The van der Waals surface area contributed by atoms with Gasteiger partial charge in [-0.3, -0.25) is 0 Å². The van der Waals surface area contributed by atoms with Crippen LogP contribution in [0, 0.1) is 5.82 Å². The summed E-state index contributed by atoms with van der Waals surface area (Å²) in [7, 11) is 1.80. The molecule has 8 heteroatoms. The number of nitrogens with zero attached hydrogens (tertiary/aromatic N) is 5. The van der Waals surface area contributed by atoms with E-state index in [9.17, 15) is 4.39 Å². The Bertz CT molecular complexity index is 1030. The first-order chi connectivity index (χ1) is 11.1. The van der Waals surface area contributed by atoms with Crippen molar-refractivity contribution in [1.82, 2.24) is 25.1 Å². The van der Waals surface area contributed by atoms with Gasteiger partial charge in [0, 0.05) is 12.6 Å². The summed E-state index contributed by atoms with van der Waals surface area (Å²) in [4.78, 5) is 4.29. The van der Waals surface area contributed by atoms with Crippen LogP contribution in [0.5, 0.6) is 0 Å². The molecule has 2 heterocycles. The maximum atomic E-state index is 13.4. The number of fused-ring (bicyclic) bond motifs is 1. The maximum absolute atomic E-state index is 13.4. The molecule has 2 aromatic carbocycles. The summed E-state index contributed by atoms with van der Waals surface area (Å²) < 4.78 is 20.3. The van der Waals surface area contributed by atoms with E-state index in [0.29, 0.717) is 16.4 Å². The van der Waals surface area contributed by atoms with Crippen LogP contribution in [-0.2, 0) is 7.05 Å². The summed E-state index contributed by atoms with van der Waals surface area (Å²) in [5.74, 6) is 0.114. The monoisotopic (exact) mass is 329 g/mol. The number of hydrogen-bond acceptors (Lipinski definition) is 5. The Morgan fingerprint density at radius 3 is 2.91 bits per heavy atom. The molecule has 2 aromatic heterocycles. The van der Waals surface area contributed by atoms with E-state index in [1.165, 1.54) is 18.2 Å². The van der Waals surface area contributed by atoms with Gasteiger partial charge in [0.15, 0.2) is 0 Å². The summed E-state index contributed by atoms with van der Waals surface area (Å²) >= 11 is 6.06. The van der Waals surface area contributed by atoms with Crippen molar-refractivity contribution in [2.24, 2.45) is 7.05 Å². The van der Waals surface area contributed by atoms with Gasteiger partial charge in [-0.1, -0.05) is 22.0 Å². The fraction of sp³-hybridized carbons (Fsp3) is 0.0667. The Hall–Kier alpha value is -2.80. The van der Waals surface area contributed by atoms with E-state index in [1.807, 2.05) is 18.2 Å². The van der Waals surface area contributed by atoms with Gasteiger partial charge in [0.1, 0.15) is 11.3 Å². The van der Waals surface area contributed by atoms with Crippen LogP contribution in [0.1, 0.15) is 0 Å². The lowest BCUT2D eigenvalue weighted by Crippen LogP contribution is -1.90. The smallest absolute Gasteiger partial charge is 0.259 e. The number of aromatic nitrogens is 5. The summed E-state index contributed by atoms with van der Waals surface area (Å²) in [5.41, 5.74) is 2.71. The highest BCUT2D eigenvalue weighted by Gasteiger charge is 2.15. The van der Waals surface area contributed by atoms with Gasteiger partial charge >= 0.3 is 0 Å². The van der Waals surface area contributed by atoms with Crippen LogP contribution in [0.2, 0.25) is 5.02 Å². The first-order valence-corrected chi connectivity index (χ1v) is 7.08. The van der Waals surface area contributed by atoms with Crippen LogP contribution in [-0.4, -0.2) is 25.1 Å². The van der Waals surface area contributed by atoms with Gasteiger partial charge < -0.3 is 4.52 Å². The molecule has 0 fully saturated rings. The van der Waals surface area contributed by atoms with Crippen molar-refractivity contribution in [3.8, 4) is 22.8 Å². The highest BCUT2D eigenvalue weighted by Crippen LogP contribution is 2.29. The van der Waals surface area contributed by atoms with Crippen molar-refractivity contribution in [3.05, 3.63) is 47.2 Å². The van der Waals surface area contributed by atoms with Crippen LogP contribution in [0.25, 0.3) is 33.9 Å². The maximum Gasteiger partial charge on any atom is 0.259 e. The average Bonchev–Trinajstić information content (AvgIpc) is 3.17. The second-order valence-corrected chi connectivity index (χ2v) is 5.37. The molecule has 4 aromatic rings. The Balaban J connectivity index is 1.79. The molecule has 0 saturated heterocycles. The van der Waals surface area contributed by atoms with E-state index in [0.717, 1.165) is 16.6 Å². The Morgan fingerprint density at radius 1 is 1.17 bits per heavy atom. The largest absolute Gasteiger partial charge is 0.334 e. The van der Waals surface area contributed by atoms with Crippen LogP contribution in [0.4, 0.5) is 4.39 Å². The van der Waals surface area contributed by atoms with Gasteiger partial charge in [0.05, 0.1) is 16.1 Å². The SMILES string of the molecule is Cn1nnc2ccc(-c3noc(-c4cc(F)ccc4Cl)n3)cc21. The normalized spacial score (nSPS) is 11.3. The summed E-state index contributed by atoms with van der Waals surface area (Å²) in [6.45, 7) is 0. The molecule has 6 nitrogen and oxygen atoms in total. The zero-order chi connectivity index (χ0) is 16.0. The standard InChI is InChI=1S/C15H9ClFN5O/c1-22-13-6-8(2-5-12(13)19-21-22)14-18-15(23-20-14)10-7-9(17)3-4-11(10)16/h2-7H,1H3. The Morgan fingerprint density at radius 2 is 2.04 bits per heavy atom. The van der Waals surface area contributed by atoms with Crippen molar-refractivity contribution in [1.29, 1.82) is 0 Å². The molecule has 0 spiro atoms. The molecule has 0 amide bonds. The molecule has 0 unspecified atom stereocenters. The van der Waals surface area contributed by atoms with Gasteiger partial charge in [-0.15, -0.1) is 5.10 Å². The minimum Gasteiger partial charge on any atom is -0.334 e.